The van der Waals surface area contributed by atoms with E-state index in [-0.39, 0.29) is 17.7 Å². The van der Waals surface area contributed by atoms with E-state index in [9.17, 15) is 9.59 Å². The standard InChI is InChI=1S/C33H25NO4S/c1-37-30-18-22(14-16-29(30)38-21-27-11-6-10-25-8-4-5-12-28(25)27)19-31-32(35)34(33(36)39-31)20-23-13-15-24-7-2-3-9-26(24)17-23/h2-19H,20-21H2,1H3/b31-19-. The number of ether oxygens (including phenoxy) is 2. The zero-order valence-electron chi connectivity index (χ0n) is 21.3. The lowest BCUT2D eigenvalue weighted by Gasteiger charge is -2.13. The summed E-state index contributed by atoms with van der Waals surface area (Å²) in [7, 11) is 1.58. The molecule has 0 atom stereocenters. The molecule has 0 radical (unpaired) electrons. The van der Waals surface area contributed by atoms with E-state index < -0.39 is 0 Å². The SMILES string of the molecule is COc1cc(/C=C2\SC(=O)N(Cc3ccc4ccccc4c3)C2=O)ccc1OCc1cccc2ccccc12. The van der Waals surface area contributed by atoms with Crippen LogP contribution < -0.4 is 9.47 Å². The van der Waals surface area contributed by atoms with Crippen molar-refractivity contribution in [1.82, 2.24) is 4.90 Å². The van der Waals surface area contributed by atoms with Gasteiger partial charge in [-0.1, -0.05) is 84.9 Å². The molecule has 5 aromatic rings. The van der Waals surface area contributed by atoms with E-state index in [0.29, 0.717) is 23.0 Å². The summed E-state index contributed by atoms with van der Waals surface area (Å²) in [5, 5.41) is 4.23. The average molecular weight is 532 g/mol. The Kier molecular flexibility index (Phi) is 6.78. The number of amides is 2. The molecule has 0 aromatic heterocycles. The maximum Gasteiger partial charge on any atom is 0.293 e. The van der Waals surface area contributed by atoms with Crippen LogP contribution in [0.3, 0.4) is 0 Å². The van der Waals surface area contributed by atoms with Gasteiger partial charge >= 0.3 is 0 Å². The first kappa shape index (κ1) is 24.8. The molecule has 0 spiro atoms. The fourth-order valence-corrected chi connectivity index (χ4v) is 5.61. The number of nitrogens with zero attached hydrogens (tertiary/aromatic N) is 1. The van der Waals surface area contributed by atoms with Crippen LogP contribution in [-0.2, 0) is 17.9 Å². The Labute approximate surface area is 230 Å². The van der Waals surface area contributed by atoms with E-state index >= 15 is 0 Å². The number of imide groups is 1. The Balaban J connectivity index is 1.18. The maximum atomic E-state index is 13.1. The fourth-order valence-electron chi connectivity index (χ4n) is 4.77. The highest BCUT2D eigenvalue weighted by atomic mass is 32.2. The number of carbonyl (C=O) groups excluding carboxylic acids is 2. The van der Waals surface area contributed by atoms with Crippen LogP contribution in [0.4, 0.5) is 4.79 Å². The lowest BCUT2D eigenvalue weighted by atomic mass is 10.1. The summed E-state index contributed by atoms with van der Waals surface area (Å²) in [6.45, 7) is 0.627. The number of rotatable bonds is 7. The smallest absolute Gasteiger partial charge is 0.293 e. The summed E-state index contributed by atoms with van der Waals surface area (Å²) < 4.78 is 11.7. The zero-order chi connectivity index (χ0) is 26.8. The van der Waals surface area contributed by atoms with Gasteiger partial charge in [0, 0.05) is 0 Å². The van der Waals surface area contributed by atoms with Gasteiger partial charge in [-0.15, -0.1) is 0 Å². The summed E-state index contributed by atoms with van der Waals surface area (Å²) in [6.07, 6.45) is 1.72. The molecule has 0 bridgehead atoms. The van der Waals surface area contributed by atoms with Gasteiger partial charge < -0.3 is 9.47 Å². The van der Waals surface area contributed by atoms with Crippen molar-refractivity contribution < 1.29 is 19.1 Å². The van der Waals surface area contributed by atoms with Crippen LogP contribution in [0.25, 0.3) is 27.6 Å². The molecule has 0 aliphatic carbocycles. The fraction of sp³-hybridized carbons (Fsp3) is 0.0909. The van der Waals surface area contributed by atoms with Crippen molar-refractivity contribution in [2.24, 2.45) is 0 Å². The number of hydrogen-bond acceptors (Lipinski definition) is 5. The van der Waals surface area contributed by atoms with Crippen molar-refractivity contribution >= 4 is 50.5 Å². The monoisotopic (exact) mass is 531 g/mol. The van der Waals surface area contributed by atoms with Gasteiger partial charge in [0.2, 0.25) is 0 Å². The van der Waals surface area contributed by atoms with E-state index in [4.69, 9.17) is 9.47 Å². The minimum Gasteiger partial charge on any atom is -0.493 e. The molecule has 5 nitrogen and oxygen atoms in total. The largest absolute Gasteiger partial charge is 0.493 e. The predicted molar refractivity (Wildman–Crippen MR) is 157 cm³/mol. The molecule has 39 heavy (non-hydrogen) atoms. The molecule has 2 amide bonds. The van der Waals surface area contributed by atoms with Crippen LogP contribution in [0.1, 0.15) is 16.7 Å². The molecule has 1 aliphatic heterocycles. The quantitative estimate of drug-likeness (QED) is 0.200. The van der Waals surface area contributed by atoms with Gasteiger partial charge in [-0.3, -0.25) is 14.5 Å². The lowest BCUT2D eigenvalue weighted by molar-refractivity contribution is -0.123. The Bertz CT molecular complexity index is 1750. The normalized spacial score (nSPS) is 14.5. The van der Waals surface area contributed by atoms with Crippen LogP contribution >= 0.6 is 11.8 Å². The van der Waals surface area contributed by atoms with Crippen LogP contribution in [-0.4, -0.2) is 23.2 Å². The topological polar surface area (TPSA) is 55.8 Å². The first-order valence-corrected chi connectivity index (χ1v) is 13.4. The second-order valence-corrected chi connectivity index (χ2v) is 10.3. The van der Waals surface area contributed by atoms with Gasteiger partial charge in [-0.25, -0.2) is 0 Å². The van der Waals surface area contributed by atoms with E-state index in [1.54, 1.807) is 13.2 Å². The van der Waals surface area contributed by atoms with Gasteiger partial charge in [-0.2, -0.15) is 0 Å². The van der Waals surface area contributed by atoms with E-state index in [2.05, 4.69) is 24.3 Å². The van der Waals surface area contributed by atoms with Crippen molar-refractivity contribution in [2.45, 2.75) is 13.2 Å². The van der Waals surface area contributed by atoms with Crippen molar-refractivity contribution in [2.75, 3.05) is 7.11 Å². The number of fused-ring (bicyclic) bond motifs is 2. The number of methoxy groups -OCH3 is 1. The van der Waals surface area contributed by atoms with Crippen molar-refractivity contribution in [1.29, 1.82) is 0 Å². The van der Waals surface area contributed by atoms with Crippen molar-refractivity contribution in [3.05, 3.63) is 125 Å². The zero-order valence-corrected chi connectivity index (χ0v) is 22.1. The number of benzene rings is 5. The Morgan fingerprint density at radius 1 is 0.769 bits per heavy atom. The summed E-state index contributed by atoms with van der Waals surface area (Å²) in [4.78, 5) is 27.5. The molecule has 6 rings (SSSR count). The molecular weight excluding hydrogens is 506 g/mol. The van der Waals surface area contributed by atoms with E-state index in [0.717, 1.165) is 50.0 Å². The molecule has 0 saturated carbocycles. The van der Waals surface area contributed by atoms with E-state index in [1.807, 2.05) is 78.9 Å². The second-order valence-electron chi connectivity index (χ2n) is 9.29. The Morgan fingerprint density at radius 3 is 2.38 bits per heavy atom. The first-order valence-electron chi connectivity index (χ1n) is 12.6. The van der Waals surface area contributed by atoms with Gasteiger partial charge in [0.05, 0.1) is 18.6 Å². The van der Waals surface area contributed by atoms with Crippen molar-refractivity contribution in [3.8, 4) is 11.5 Å². The molecule has 1 fully saturated rings. The summed E-state index contributed by atoms with van der Waals surface area (Å²) in [5.41, 5.74) is 2.74. The van der Waals surface area contributed by atoms with Crippen LogP contribution in [0.15, 0.2) is 108 Å². The van der Waals surface area contributed by atoms with Gasteiger partial charge in [0.25, 0.3) is 11.1 Å². The first-order chi connectivity index (χ1) is 19.1. The van der Waals surface area contributed by atoms with Gasteiger partial charge in [-0.05, 0) is 74.3 Å². The molecule has 5 aromatic carbocycles. The van der Waals surface area contributed by atoms with Gasteiger partial charge in [0.15, 0.2) is 11.5 Å². The molecule has 6 heteroatoms. The van der Waals surface area contributed by atoms with Crippen LogP contribution in [0.2, 0.25) is 0 Å². The number of thioether (sulfide) groups is 1. The highest BCUT2D eigenvalue weighted by Gasteiger charge is 2.35. The van der Waals surface area contributed by atoms with Gasteiger partial charge in [0.1, 0.15) is 6.61 Å². The molecular formula is C33H25NO4S. The Morgan fingerprint density at radius 2 is 1.54 bits per heavy atom. The molecule has 192 valence electrons. The highest BCUT2D eigenvalue weighted by molar-refractivity contribution is 8.18. The Hall–Kier alpha value is -4.55. The molecule has 0 unspecified atom stereocenters. The minimum atomic E-state index is -0.298. The average Bonchev–Trinajstić information content (AvgIpc) is 3.23. The summed E-state index contributed by atoms with van der Waals surface area (Å²) in [6, 6.07) is 33.9. The van der Waals surface area contributed by atoms with E-state index in [1.165, 1.54) is 4.90 Å². The summed E-state index contributed by atoms with van der Waals surface area (Å²) in [5.74, 6) is 0.861. The third-order valence-electron chi connectivity index (χ3n) is 6.78. The molecule has 1 heterocycles. The minimum absolute atomic E-state index is 0.233. The summed E-state index contributed by atoms with van der Waals surface area (Å²) >= 11 is 0.952. The van der Waals surface area contributed by atoms with Crippen LogP contribution in [0.5, 0.6) is 11.5 Å². The molecule has 1 saturated heterocycles. The molecule has 0 N–H and O–H groups in total. The number of hydrogen-bond donors (Lipinski definition) is 0. The number of carbonyl (C=O) groups is 2. The predicted octanol–water partition coefficient (Wildman–Crippen LogP) is 7.82. The second kappa shape index (κ2) is 10.7. The highest BCUT2D eigenvalue weighted by Crippen LogP contribution is 2.36. The third kappa shape index (κ3) is 5.11. The third-order valence-corrected chi connectivity index (χ3v) is 7.68. The molecule has 1 aliphatic rings. The lowest BCUT2D eigenvalue weighted by Crippen LogP contribution is -2.27. The van der Waals surface area contributed by atoms with Crippen LogP contribution in [0, 0.1) is 0 Å². The van der Waals surface area contributed by atoms with Crippen molar-refractivity contribution in [3.63, 3.8) is 0 Å². The maximum absolute atomic E-state index is 13.1.